The molecule has 8 heteroatoms. The van der Waals surface area contributed by atoms with Gasteiger partial charge in [0, 0.05) is 37.6 Å². The minimum absolute atomic E-state index is 0.119. The molecule has 30 heavy (non-hydrogen) atoms. The fraction of sp³-hybridized carbons (Fsp3) is 0.409. The highest BCUT2D eigenvalue weighted by molar-refractivity contribution is 5.87. The van der Waals surface area contributed by atoms with E-state index in [1.165, 1.54) is 0 Å². The van der Waals surface area contributed by atoms with Gasteiger partial charge in [0.1, 0.15) is 17.8 Å². The van der Waals surface area contributed by atoms with Crippen molar-refractivity contribution in [2.45, 2.75) is 31.3 Å². The average molecular weight is 406 g/mol. The molecule has 1 unspecified atom stereocenters. The summed E-state index contributed by atoms with van der Waals surface area (Å²) in [5, 5.41) is 7.73. The van der Waals surface area contributed by atoms with Gasteiger partial charge in [-0.2, -0.15) is 0 Å². The van der Waals surface area contributed by atoms with Crippen molar-refractivity contribution in [3.63, 3.8) is 0 Å². The Morgan fingerprint density at radius 1 is 1.10 bits per heavy atom. The molecule has 2 atom stereocenters. The molecule has 0 spiro atoms. The highest BCUT2D eigenvalue weighted by Crippen LogP contribution is 2.28. The van der Waals surface area contributed by atoms with Gasteiger partial charge in [-0.25, -0.2) is 9.97 Å². The van der Waals surface area contributed by atoms with Gasteiger partial charge in [0.05, 0.1) is 18.1 Å². The van der Waals surface area contributed by atoms with Crippen molar-refractivity contribution in [2.75, 3.05) is 36.5 Å². The number of hydrogen-bond acceptors (Lipinski definition) is 6. The first-order chi connectivity index (χ1) is 14.8. The standard InChI is InChI=1S/C22H27N7O/c30-22-19(25-14-24-16-5-2-1-3-6-16)9-12-29(22)17-7-4-11-28(13-17)21-18-8-10-23-20(18)26-15-27-21/h1-3,5-6,8,10,15,17,19,24-25H,4,7,9,11-14H2,(H,23,26,27)/t17-,19?/m1/s1. The van der Waals surface area contributed by atoms with Crippen LogP contribution in [0.25, 0.3) is 11.0 Å². The molecular formula is C22H27N7O. The lowest BCUT2D eigenvalue weighted by atomic mass is 10.0. The van der Waals surface area contributed by atoms with E-state index in [9.17, 15) is 4.79 Å². The van der Waals surface area contributed by atoms with Crippen LogP contribution in [0.15, 0.2) is 48.9 Å². The van der Waals surface area contributed by atoms with E-state index in [0.29, 0.717) is 6.67 Å². The van der Waals surface area contributed by atoms with Crippen LogP contribution >= 0.6 is 0 Å². The lowest BCUT2D eigenvalue weighted by Crippen LogP contribution is -2.51. The summed E-state index contributed by atoms with van der Waals surface area (Å²) in [4.78, 5) is 29.4. The number of nitrogens with zero attached hydrogens (tertiary/aromatic N) is 4. The third-order valence-electron chi connectivity index (χ3n) is 6.12. The molecular weight excluding hydrogens is 378 g/mol. The fourth-order valence-corrected chi connectivity index (χ4v) is 4.60. The number of benzene rings is 1. The Bertz CT molecular complexity index is 1000. The van der Waals surface area contributed by atoms with Gasteiger partial charge in [-0.05, 0) is 37.5 Å². The summed E-state index contributed by atoms with van der Waals surface area (Å²) in [6, 6.07) is 12.2. The number of likely N-dealkylation sites (tertiary alicyclic amines) is 1. The molecule has 3 N–H and O–H groups in total. The van der Waals surface area contributed by atoms with Gasteiger partial charge < -0.3 is 20.1 Å². The first-order valence-electron chi connectivity index (χ1n) is 10.7. The van der Waals surface area contributed by atoms with Gasteiger partial charge in [-0.3, -0.25) is 10.1 Å². The second-order valence-corrected chi connectivity index (χ2v) is 7.98. The molecule has 2 aliphatic rings. The Balaban J connectivity index is 1.20. The van der Waals surface area contributed by atoms with Gasteiger partial charge >= 0.3 is 0 Å². The highest BCUT2D eigenvalue weighted by atomic mass is 16.2. The molecule has 8 nitrogen and oxygen atoms in total. The predicted molar refractivity (Wildman–Crippen MR) is 117 cm³/mol. The number of hydrogen-bond donors (Lipinski definition) is 3. The molecule has 0 radical (unpaired) electrons. The minimum Gasteiger partial charge on any atom is -0.372 e. The van der Waals surface area contributed by atoms with E-state index in [-0.39, 0.29) is 18.0 Å². The predicted octanol–water partition coefficient (Wildman–Crippen LogP) is 2.19. The largest absolute Gasteiger partial charge is 0.372 e. The second-order valence-electron chi connectivity index (χ2n) is 7.98. The summed E-state index contributed by atoms with van der Waals surface area (Å²) < 4.78 is 0. The molecule has 2 saturated heterocycles. The number of aromatic amines is 1. The molecule has 2 fully saturated rings. The van der Waals surface area contributed by atoms with Crippen molar-refractivity contribution < 1.29 is 4.79 Å². The molecule has 0 aliphatic carbocycles. The third-order valence-corrected chi connectivity index (χ3v) is 6.12. The molecule has 1 amide bonds. The maximum atomic E-state index is 13.0. The third kappa shape index (κ3) is 3.70. The number of amides is 1. The van der Waals surface area contributed by atoms with Crippen molar-refractivity contribution in [3.05, 3.63) is 48.9 Å². The van der Waals surface area contributed by atoms with Crippen LogP contribution in [0.1, 0.15) is 19.3 Å². The summed E-state index contributed by atoms with van der Waals surface area (Å²) in [6.07, 6.45) is 6.45. The zero-order valence-corrected chi connectivity index (χ0v) is 16.9. The smallest absolute Gasteiger partial charge is 0.240 e. The van der Waals surface area contributed by atoms with Crippen molar-refractivity contribution in [3.8, 4) is 0 Å². The number of fused-ring (bicyclic) bond motifs is 1. The van der Waals surface area contributed by atoms with Crippen molar-refractivity contribution >= 4 is 28.4 Å². The number of carbonyl (C=O) groups is 1. The number of nitrogens with one attached hydrogen (secondary N) is 3. The summed E-state index contributed by atoms with van der Waals surface area (Å²) >= 11 is 0. The maximum absolute atomic E-state index is 13.0. The molecule has 2 aromatic heterocycles. The van der Waals surface area contributed by atoms with Gasteiger partial charge in [0.15, 0.2) is 0 Å². The average Bonchev–Trinajstić information content (AvgIpc) is 3.41. The summed E-state index contributed by atoms with van der Waals surface area (Å²) in [5.41, 5.74) is 1.91. The molecule has 0 saturated carbocycles. The lowest BCUT2D eigenvalue weighted by molar-refractivity contribution is -0.131. The lowest BCUT2D eigenvalue weighted by Gasteiger charge is -2.38. The van der Waals surface area contributed by atoms with E-state index in [2.05, 4.69) is 35.4 Å². The van der Waals surface area contributed by atoms with Crippen LogP contribution in [0, 0.1) is 0 Å². The van der Waals surface area contributed by atoms with Crippen molar-refractivity contribution in [1.29, 1.82) is 0 Å². The van der Waals surface area contributed by atoms with Crippen LogP contribution < -0.4 is 15.5 Å². The van der Waals surface area contributed by atoms with E-state index in [0.717, 1.165) is 61.4 Å². The SMILES string of the molecule is O=C1C(NCNc2ccccc2)CCN1[C@@H]1CCCN(c2ncnc3[nH]ccc23)C1. The van der Waals surface area contributed by atoms with Crippen LogP contribution in [0.2, 0.25) is 0 Å². The topological polar surface area (TPSA) is 89.2 Å². The minimum atomic E-state index is -0.119. The first-order valence-corrected chi connectivity index (χ1v) is 10.7. The van der Waals surface area contributed by atoms with Crippen molar-refractivity contribution in [2.24, 2.45) is 0 Å². The molecule has 2 aliphatic heterocycles. The fourth-order valence-electron chi connectivity index (χ4n) is 4.60. The van der Waals surface area contributed by atoms with E-state index in [4.69, 9.17) is 0 Å². The Morgan fingerprint density at radius 2 is 2.00 bits per heavy atom. The number of anilines is 2. The molecule has 3 aromatic rings. The highest BCUT2D eigenvalue weighted by Gasteiger charge is 2.37. The van der Waals surface area contributed by atoms with Crippen LogP contribution in [-0.2, 0) is 4.79 Å². The zero-order chi connectivity index (χ0) is 20.3. The first kappa shape index (κ1) is 18.9. The maximum Gasteiger partial charge on any atom is 0.240 e. The molecule has 1 aromatic carbocycles. The van der Waals surface area contributed by atoms with E-state index in [1.54, 1.807) is 6.33 Å². The monoisotopic (exact) mass is 405 g/mol. The number of para-hydroxylation sites is 1. The van der Waals surface area contributed by atoms with E-state index in [1.807, 2.05) is 42.6 Å². The number of aromatic nitrogens is 3. The molecule has 5 rings (SSSR count). The van der Waals surface area contributed by atoms with Gasteiger partial charge in [-0.15, -0.1) is 0 Å². The Kier molecular flexibility index (Phi) is 5.23. The van der Waals surface area contributed by atoms with E-state index >= 15 is 0 Å². The zero-order valence-electron chi connectivity index (χ0n) is 16.9. The normalized spacial score (nSPS) is 22.1. The van der Waals surface area contributed by atoms with Gasteiger partial charge in [-0.1, -0.05) is 18.2 Å². The Hall–Kier alpha value is -3.13. The Labute approximate surface area is 175 Å². The van der Waals surface area contributed by atoms with Crippen LogP contribution in [0.4, 0.5) is 11.5 Å². The second kappa shape index (κ2) is 8.31. The summed E-state index contributed by atoms with van der Waals surface area (Å²) in [6.45, 7) is 3.16. The number of H-pyrrole nitrogens is 1. The summed E-state index contributed by atoms with van der Waals surface area (Å²) in [5.74, 6) is 1.17. The number of carbonyl (C=O) groups excluding carboxylic acids is 1. The van der Waals surface area contributed by atoms with Crippen molar-refractivity contribution in [1.82, 2.24) is 25.2 Å². The molecule has 0 bridgehead atoms. The molecule has 156 valence electrons. The van der Waals surface area contributed by atoms with Crippen LogP contribution in [-0.4, -0.2) is 64.1 Å². The number of rotatable bonds is 6. The van der Waals surface area contributed by atoms with Crippen LogP contribution in [0.3, 0.4) is 0 Å². The summed E-state index contributed by atoms with van der Waals surface area (Å²) in [7, 11) is 0. The molecule has 4 heterocycles. The van der Waals surface area contributed by atoms with E-state index < -0.39 is 0 Å². The van der Waals surface area contributed by atoms with Crippen LogP contribution in [0.5, 0.6) is 0 Å². The quantitative estimate of drug-likeness (QED) is 0.545. The Morgan fingerprint density at radius 3 is 2.90 bits per heavy atom. The van der Waals surface area contributed by atoms with Gasteiger partial charge in [0.25, 0.3) is 0 Å². The van der Waals surface area contributed by atoms with Gasteiger partial charge in [0.2, 0.25) is 5.91 Å². The number of piperidine rings is 1.